The average Bonchev–Trinajstić information content (AvgIpc) is 3.22. The molecule has 10 heteroatoms. The predicted octanol–water partition coefficient (Wildman–Crippen LogP) is 6.65. The first-order chi connectivity index (χ1) is 18.3. The van der Waals surface area contributed by atoms with E-state index in [0.29, 0.717) is 50.2 Å². The van der Waals surface area contributed by atoms with Gasteiger partial charge in [-0.1, -0.05) is 59.6 Å². The maximum atomic E-state index is 13.3. The first-order valence-electron chi connectivity index (χ1n) is 11.8. The lowest BCUT2D eigenvalue weighted by molar-refractivity contribution is 0.255. The maximum Gasteiger partial charge on any atom is 0.323 e. The number of hydrogen-bond acceptors (Lipinski definition) is 4. The molecule has 0 spiro atoms. The standard InChI is InChI=1S/C28H24Cl2N6O2/c1-16-18-13-14-22-25(36(2)27(34-22)35-24-19(29)10-6-11-20(24)30)23(18)26(37)33-21(16)12-7-15-31-28(38)32-17-8-4-3-5-9-17/h3-11,13-15H,12H2,1-2H3,(H,33,37)(H,34,35)(H2,31,32,38). The summed E-state index contributed by atoms with van der Waals surface area (Å²) in [6, 6.07) is 17.9. The third-order valence-corrected chi connectivity index (χ3v) is 6.90. The molecule has 38 heavy (non-hydrogen) atoms. The van der Waals surface area contributed by atoms with E-state index in [1.807, 2.05) is 48.9 Å². The van der Waals surface area contributed by atoms with Gasteiger partial charge in [0, 0.05) is 31.0 Å². The van der Waals surface area contributed by atoms with E-state index in [9.17, 15) is 9.59 Å². The van der Waals surface area contributed by atoms with Crippen LogP contribution in [0.4, 0.5) is 22.1 Å². The van der Waals surface area contributed by atoms with Crippen molar-refractivity contribution in [3.05, 3.63) is 105 Å². The van der Waals surface area contributed by atoms with Gasteiger partial charge in [0.15, 0.2) is 0 Å². The Balaban J connectivity index is 1.41. The molecule has 0 radical (unpaired) electrons. The van der Waals surface area contributed by atoms with E-state index in [2.05, 4.69) is 25.9 Å². The van der Waals surface area contributed by atoms with Gasteiger partial charge in [-0.15, -0.1) is 0 Å². The number of H-pyrrole nitrogens is 1. The van der Waals surface area contributed by atoms with Crippen LogP contribution in [-0.4, -0.2) is 20.6 Å². The van der Waals surface area contributed by atoms with Crippen molar-refractivity contribution in [2.24, 2.45) is 7.05 Å². The van der Waals surface area contributed by atoms with Crippen LogP contribution in [-0.2, 0) is 13.5 Å². The summed E-state index contributed by atoms with van der Waals surface area (Å²) < 4.78 is 1.82. The number of nitrogens with one attached hydrogen (secondary N) is 4. The van der Waals surface area contributed by atoms with Gasteiger partial charge < -0.3 is 25.5 Å². The Morgan fingerprint density at radius 2 is 1.79 bits per heavy atom. The van der Waals surface area contributed by atoms with Gasteiger partial charge in [-0.3, -0.25) is 4.79 Å². The van der Waals surface area contributed by atoms with Crippen LogP contribution in [0.2, 0.25) is 10.0 Å². The van der Waals surface area contributed by atoms with Gasteiger partial charge >= 0.3 is 6.03 Å². The van der Waals surface area contributed by atoms with E-state index in [1.54, 1.807) is 42.6 Å². The minimum absolute atomic E-state index is 0.222. The Labute approximate surface area is 228 Å². The lowest BCUT2D eigenvalue weighted by Crippen LogP contribution is -2.23. The number of hydrogen-bond donors (Lipinski definition) is 4. The third kappa shape index (κ3) is 4.96. The molecule has 0 bridgehead atoms. The van der Waals surface area contributed by atoms with E-state index in [-0.39, 0.29) is 11.6 Å². The van der Waals surface area contributed by atoms with Crippen LogP contribution in [0.5, 0.6) is 0 Å². The number of fused-ring (bicyclic) bond motifs is 3. The van der Waals surface area contributed by atoms with Gasteiger partial charge in [-0.05, 0) is 48.2 Å². The molecule has 5 rings (SSSR count). The molecular formula is C28H24Cl2N6O2. The van der Waals surface area contributed by atoms with Gasteiger partial charge in [0.05, 0.1) is 32.2 Å². The third-order valence-electron chi connectivity index (χ3n) is 6.27. The largest absolute Gasteiger partial charge is 0.325 e. The zero-order chi connectivity index (χ0) is 26.8. The zero-order valence-corrected chi connectivity index (χ0v) is 22.1. The molecule has 0 atom stereocenters. The number of nitrogens with zero attached hydrogens (tertiary/aromatic N) is 2. The number of halogens is 2. The molecule has 2 amide bonds. The van der Waals surface area contributed by atoms with Crippen LogP contribution in [0.25, 0.3) is 21.8 Å². The molecule has 192 valence electrons. The fourth-order valence-corrected chi connectivity index (χ4v) is 4.84. The van der Waals surface area contributed by atoms with Crippen LogP contribution >= 0.6 is 23.2 Å². The number of aromatic nitrogens is 3. The number of rotatable bonds is 6. The van der Waals surface area contributed by atoms with E-state index >= 15 is 0 Å². The second kappa shape index (κ2) is 10.6. The van der Waals surface area contributed by atoms with Crippen molar-refractivity contribution in [3.8, 4) is 0 Å². The number of carbonyl (C=O) groups excluding carboxylic acids is 1. The topological polar surface area (TPSA) is 104 Å². The highest BCUT2D eigenvalue weighted by atomic mass is 35.5. The molecule has 3 aromatic carbocycles. The van der Waals surface area contributed by atoms with Crippen LogP contribution in [0.1, 0.15) is 11.3 Å². The van der Waals surface area contributed by atoms with E-state index in [1.165, 1.54) is 0 Å². The lowest BCUT2D eigenvalue weighted by Gasteiger charge is -2.11. The van der Waals surface area contributed by atoms with Crippen molar-refractivity contribution in [2.45, 2.75) is 13.3 Å². The highest BCUT2D eigenvalue weighted by molar-refractivity contribution is 6.39. The molecule has 4 N–H and O–H groups in total. The SMILES string of the molecule is Cc1c(CC=CNC(=O)Nc2ccccc2)[nH]c(=O)c2c1ccc1nc(Nc3c(Cl)cccc3Cl)n(C)c12. The van der Waals surface area contributed by atoms with Gasteiger partial charge in [-0.25, -0.2) is 9.78 Å². The Hall–Kier alpha value is -4.27. The number of imidazole rings is 1. The summed E-state index contributed by atoms with van der Waals surface area (Å²) in [6.45, 7) is 1.96. The maximum absolute atomic E-state index is 13.3. The highest BCUT2D eigenvalue weighted by Gasteiger charge is 2.17. The van der Waals surface area contributed by atoms with Crippen molar-refractivity contribution in [1.29, 1.82) is 0 Å². The summed E-state index contributed by atoms with van der Waals surface area (Å²) in [7, 11) is 1.83. The number of para-hydroxylation sites is 2. The average molecular weight is 547 g/mol. The summed E-state index contributed by atoms with van der Waals surface area (Å²) in [6.07, 6.45) is 3.78. The number of aromatic amines is 1. The fraction of sp³-hybridized carbons (Fsp3) is 0.107. The monoisotopic (exact) mass is 546 g/mol. The Morgan fingerprint density at radius 1 is 1.05 bits per heavy atom. The normalized spacial score (nSPS) is 11.4. The first kappa shape index (κ1) is 25.4. The zero-order valence-electron chi connectivity index (χ0n) is 20.6. The van der Waals surface area contributed by atoms with E-state index < -0.39 is 0 Å². The van der Waals surface area contributed by atoms with Gasteiger partial charge in [-0.2, -0.15) is 0 Å². The number of aryl methyl sites for hydroxylation is 2. The van der Waals surface area contributed by atoms with E-state index in [4.69, 9.17) is 23.2 Å². The van der Waals surface area contributed by atoms with Crippen molar-refractivity contribution in [2.75, 3.05) is 10.6 Å². The molecule has 0 unspecified atom stereocenters. The number of amides is 2. The molecule has 2 aromatic heterocycles. The molecule has 0 fully saturated rings. The minimum Gasteiger partial charge on any atom is -0.325 e. The Morgan fingerprint density at radius 3 is 2.53 bits per heavy atom. The van der Waals surface area contributed by atoms with Gasteiger partial charge in [0.1, 0.15) is 0 Å². The van der Waals surface area contributed by atoms with Gasteiger partial charge in [0.2, 0.25) is 5.95 Å². The summed E-state index contributed by atoms with van der Waals surface area (Å²) in [4.78, 5) is 33.0. The Bertz CT molecular complexity index is 1740. The smallest absolute Gasteiger partial charge is 0.323 e. The summed E-state index contributed by atoms with van der Waals surface area (Å²) in [5.74, 6) is 0.506. The molecule has 8 nitrogen and oxygen atoms in total. The Kier molecular flexibility index (Phi) is 7.09. The van der Waals surface area contributed by atoms with Crippen LogP contribution in [0, 0.1) is 6.92 Å². The summed E-state index contributed by atoms with van der Waals surface area (Å²) in [5, 5.41) is 10.9. The van der Waals surface area contributed by atoms with Crippen LogP contribution in [0.15, 0.2) is 77.7 Å². The predicted molar refractivity (Wildman–Crippen MR) is 155 cm³/mol. The number of anilines is 3. The molecule has 0 aliphatic rings. The minimum atomic E-state index is -0.350. The molecule has 5 aromatic rings. The van der Waals surface area contributed by atoms with Gasteiger partial charge in [0.25, 0.3) is 5.56 Å². The molecule has 0 aliphatic carbocycles. The van der Waals surface area contributed by atoms with Crippen LogP contribution in [0.3, 0.4) is 0 Å². The molecule has 2 heterocycles. The summed E-state index contributed by atoms with van der Waals surface area (Å²) >= 11 is 12.6. The van der Waals surface area contributed by atoms with Crippen molar-refractivity contribution < 1.29 is 4.79 Å². The molecule has 0 saturated heterocycles. The second-order valence-electron chi connectivity index (χ2n) is 8.70. The molecule has 0 saturated carbocycles. The lowest BCUT2D eigenvalue weighted by atomic mass is 10.0. The van der Waals surface area contributed by atoms with Crippen molar-refractivity contribution >= 4 is 68.4 Å². The van der Waals surface area contributed by atoms with Crippen molar-refractivity contribution in [3.63, 3.8) is 0 Å². The molecule has 0 aliphatic heterocycles. The number of pyridine rings is 1. The number of urea groups is 1. The number of benzene rings is 3. The quantitative estimate of drug-likeness (QED) is 0.191. The van der Waals surface area contributed by atoms with Crippen molar-refractivity contribution in [1.82, 2.24) is 19.9 Å². The van der Waals surface area contributed by atoms with E-state index in [0.717, 1.165) is 16.6 Å². The number of carbonyl (C=O) groups is 1. The first-order valence-corrected chi connectivity index (χ1v) is 12.6. The fourth-order valence-electron chi connectivity index (χ4n) is 4.35. The van der Waals surface area contributed by atoms with Crippen LogP contribution < -0.4 is 21.5 Å². The summed E-state index contributed by atoms with van der Waals surface area (Å²) in [5.41, 5.74) is 4.07. The highest BCUT2D eigenvalue weighted by Crippen LogP contribution is 2.34. The number of allylic oxidation sites excluding steroid dienone is 1. The molecular weight excluding hydrogens is 523 g/mol. The second-order valence-corrected chi connectivity index (χ2v) is 9.51.